The lowest BCUT2D eigenvalue weighted by Crippen LogP contribution is -2.36. The van der Waals surface area contributed by atoms with Gasteiger partial charge in [-0.05, 0) is 24.3 Å². The van der Waals surface area contributed by atoms with Crippen LogP contribution in [0.5, 0.6) is 23.0 Å². The molecule has 3 rings (SSSR count). The van der Waals surface area contributed by atoms with Crippen molar-refractivity contribution in [2.45, 2.75) is 12.2 Å². The Hall–Kier alpha value is -2.73. The number of hydrogen-bond donors (Lipinski definition) is 4. The average molecular weight is 288 g/mol. The highest BCUT2D eigenvalue weighted by atomic mass is 16.5. The molecule has 0 saturated carbocycles. The van der Waals surface area contributed by atoms with E-state index >= 15 is 0 Å². The lowest BCUT2D eigenvalue weighted by Gasteiger charge is -2.30. The molecule has 6 heteroatoms. The summed E-state index contributed by atoms with van der Waals surface area (Å²) in [6.07, 6.45) is -2.69. The molecule has 0 unspecified atom stereocenters. The number of Topliss-reactive ketones (excluding diaryl/α,β-unsaturated/α-hetero) is 1. The van der Waals surface area contributed by atoms with E-state index in [9.17, 15) is 25.2 Å². The third-order valence-corrected chi connectivity index (χ3v) is 3.39. The minimum atomic E-state index is -1.55. The van der Waals surface area contributed by atoms with Crippen LogP contribution in [0.1, 0.15) is 22.0 Å². The summed E-state index contributed by atoms with van der Waals surface area (Å²) in [4.78, 5) is 12.2. The number of phenolic OH excluding ortho intramolecular Hbond substituents is 3. The van der Waals surface area contributed by atoms with Crippen molar-refractivity contribution in [3.63, 3.8) is 0 Å². The van der Waals surface area contributed by atoms with Gasteiger partial charge in [0.2, 0.25) is 0 Å². The smallest absolute Gasteiger partial charge is 0.199 e. The minimum absolute atomic E-state index is 0.0680. The fraction of sp³-hybridized carbons (Fsp3) is 0.133. The van der Waals surface area contributed by atoms with E-state index in [1.807, 2.05) is 0 Å². The molecule has 0 saturated heterocycles. The lowest BCUT2D eigenvalue weighted by atomic mass is 9.93. The van der Waals surface area contributed by atoms with Crippen LogP contribution < -0.4 is 4.74 Å². The molecule has 4 N–H and O–H groups in total. The van der Waals surface area contributed by atoms with Gasteiger partial charge in [-0.25, -0.2) is 0 Å². The standard InChI is InChI=1S/C15H12O6/c16-7-4-5-11-9(6-7)13(19)14(20)15(21-11)8-2-1-3-10(17)12(8)18/h1-6,14-18,20H/t14-,15+/m1/s1. The van der Waals surface area contributed by atoms with Crippen LogP contribution >= 0.6 is 0 Å². The zero-order valence-corrected chi connectivity index (χ0v) is 10.7. The summed E-state index contributed by atoms with van der Waals surface area (Å²) in [6, 6.07) is 8.16. The van der Waals surface area contributed by atoms with Gasteiger partial charge in [-0.2, -0.15) is 0 Å². The van der Waals surface area contributed by atoms with Crippen molar-refractivity contribution >= 4 is 5.78 Å². The van der Waals surface area contributed by atoms with Crippen LogP contribution in [0.2, 0.25) is 0 Å². The molecule has 2 aromatic carbocycles. The third-order valence-electron chi connectivity index (χ3n) is 3.39. The number of fused-ring (bicyclic) bond motifs is 1. The van der Waals surface area contributed by atoms with Crippen LogP contribution in [0, 0.1) is 0 Å². The topological polar surface area (TPSA) is 107 Å². The average Bonchev–Trinajstić information content (AvgIpc) is 2.47. The fourth-order valence-electron chi connectivity index (χ4n) is 2.32. The highest BCUT2D eigenvalue weighted by molar-refractivity contribution is 6.03. The number of ether oxygens (including phenoxy) is 1. The van der Waals surface area contributed by atoms with Gasteiger partial charge in [0.25, 0.3) is 0 Å². The molecule has 1 aliphatic heterocycles. The van der Waals surface area contributed by atoms with Crippen molar-refractivity contribution in [2.75, 3.05) is 0 Å². The van der Waals surface area contributed by atoms with E-state index in [0.717, 1.165) is 0 Å². The van der Waals surface area contributed by atoms with E-state index in [0.29, 0.717) is 0 Å². The highest BCUT2D eigenvalue weighted by Crippen LogP contribution is 2.41. The molecule has 1 heterocycles. The van der Waals surface area contributed by atoms with Crippen LogP contribution in [-0.4, -0.2) is 32.3 Å². The molecule has 108 valence electrons. The van der Waals surface area contributed by atoms with Gasteiger partial charge in [0.1, 0.15) is 11.5 Å². The van der Waals surface area contributed by atoms with Gasteiger partial charge in [0.15, 0.2) is 29.5 Å². The predicted octanol–water partition coefficient (Wildman–Crippen LogP) is 1.48. The second-order valence-electron chi connectivity index (χ2n) is 4.74. The molecule has 0 radical (unpaired) electrons. The molecule has 0 aromatic heterocycles. The van der Waals surface area contributed by atoms with Gasteiger partial charge in [-0.3, -0.25) is 4.79 Å². The first-order chi connectivity index (χ1) is 9.99. The summed E-state index contributed by atoms with van der Waals surface area (Å²) >= 11 is 0. The Bertz CT molecular complexity index is 724. The Morgan fingerprint density at radius 1 is 1.05 bits per heavy atom. The molecule has 1 aliphatic rings. The largest absolute Gasteiger partial charge is 0.508 e. The van der Waals surface area contributed by atoms with Crippen molar-refractivity contribution < 1.29 is 30.0 Å². The molecule has 0 spiro atoms. The van der Waals surface area contributed by atoms with Crippen molar-refractivity contribution in [1.82, 2.24) is 0 Å². The first-order valence-electron chi connectivity index (χ1n) is 6.22. The number of aliphatic hydroxyl groups excluding tert-OH is 1. The van der Waals surface area contributed by atoms with Crippen LogP contribution in [-0.2, 0) is 0 Å². The van der Waals surface area contributed by atoms with Crippen LogP contribution in [0.15, 0.2) is 36.4 Å². The maximum atomic E-state index is 12.2. The third kappa shape index (κ3) is 2.05. The number of hydrogen-bond acceptors (Lipinski definition) is 6. The highest BCUT2D eigenvalue weighted by Gasteiger charge is 2.38. The SMILES string of the molecule is O=C1c2cc(O)ccc2O[C@@H](c2cccc(O)c2O)[C@@H]1O. The van der Waals surface area contributed by atoms with Gasteiger partial charge >= 0.3 is 0 Å². The number of aromatic hydroxyl groups is 3. The summed E-state index contributed by atoms with van der Waals surface area (Å²) in [6.45, 7) is 0. The van der Waals surface area contributed by atoms with Gasteiger partial charge in [0, 0.05) is 5.56 Å². The van der Waals surface area contributed by atoms with Crippen molar-refractivity contribution in [2.24, 2.45) is 0 Å². The molecule has 0 aliphatic carbocycles. The summed E-state index contributed by atoms with van der Waals surface area (Å²) in [5, 5.41) is 38.9. The predicted molar refractivity (Wildman–Crippen MR) is 71.6 cm³/mol. The molecular weight excluding hydrogens is 276 g/mol. The number of aliphatic hydroxyl groups is 1. The second-order valence-corrected chi connectivity index (χ2v) is 4.74. The Morgan fingerprint density at radius 2 is 1.81 bits per heavy atom. The van der Waals surface area contributed by atoms with E-state index in [1.165, 1.54) is 36.4 Å². The van der Waals surface area contributed by atoms with Gasteiger partial charge < -0.3 is 25.2 Å². The molecule has 2 aromatic rings. The van der Waals surface area contributed by atoms with Crippen molar-refractivity contribution in [3.8, 4) is 23.0 Å². The molecular formula is C15H12O6. The quantitative estimate of drug-likeness (QED) is 0.592. The van der Waals surface area contributed by atoms with Crippen molar-refractivity contribution in [3.05, 3.63) is 47.5 Å². The summed E-state index contributed by atoms with van der Waals surface area (Å²) in [5.41, 5.74) is 0.174. The van der Waals surface area contributed by atoms with E-state index in [4.69, 9.17) is 4.74 Å². The first-order valence-corrected chi connectivity index (χ1v) is 6.22. The van der Waals surface area contributed by atoms with Crippen LogP contribution in [0.4, 0.5) is 0 Å². The first kappa shape index (κ1) is 13.3. The van der Waals surface area contributed by atoms with E-state index in [1.54, 1.807) is 0 Å². The van der Waals surface area contributed by atoms with Gasteiger partial charge in [-0.1, -0.05) is 12.1 Å². The van der Waals surface area contributed by atoms with Gasteiger partial charge in [0.05, 0.1) is 5.56 Å². The fourth-order valence-corrected chi connectivity index (χ4v) is 2.32. The molecule has 0 fully saturated rings. The Kier molecular flexibility index (Phi) is 2.95. The van der Waals surface area contributed by atoms with E-state index in [-0.39, 0.29) is 28.4 Å². The van der Waals surface area contributed by atoms with Crippen LogP contribution in [0.3, 0.4) is 0 Å². The number of rotatable bonds is 1. The molecule has 21 heavy (non-hydrogen) atoms. The zero-order chi connectivity index (χ0) is 15.1. The van der Waals surface area contributed by atoms with E-state index in [2.05, 4.69) is 0 Å². The van der Waals surface area contributed by atoms with Crippen LogP contribution in [0.25, 0.3) is 0 Å². The molecule has 6 nitrogen and oxygen atoms in total. The maximum Gasteiger partial charge on any atom is 0.199 e. The van der Waals surface area contributed by atoms with Gasteiger partial charge in [-0.15, -0.1) is 0 Å². The number of ketones is 1. The number of carbonyl (C=O) groups excluding carboxylic acids is 1. The second kappa shape index (κ2) is 4.68. The zero-order valence-electron chi connectivity index (χ0n) is 10.7. The molecule has 0 amide bonds. The number of para-hydroxylation sites is 1. The monoisotopic (exact) mass is 288 g/mol. The number of carbonyl (C=O) groups is 1. The maximum absolute atomic E-state index is 12.2. The molecule has 0 bridgehead atoms. The Morgan fingerprint density at radius 3 is 2.57 bits per heavy atom. The Labute approximate surface area is 119 Å². The lowest BCUT2D eigenvalue weighted by molar-refractivity contribution is 0.0207. The molecule has 2 atom stereocenters. The summed E-state index contributed by atoms with van der Waals surface area (Å²) < 4.78 is 5.54. The van der Waals surface area contributed by atoms with Crippen molar-refractivity contribution in [1.29, 1.82) is 0 Å². The summed E-state index contributed by atoms with van der Waals surface area (Å²) in [5.74, 6) is -1.36. The normalized spacial score (nSPS) is 20.7. The Balaban J connectivity index is 2.08. The number of benzene rings is 2. The summed E-state index contributed by atoms with van der Waals surface area (Å²) in [7, 11) is 0. The number of phenols is 3. The van der Waals surface area contributed by atoms with E-state index < -0.39 is 23.7 Å². The minimum Gasteiger partial charge on any atom is -0.508 e.